The molecule has 3 amide bonds. The number of hydrogen-bond acceptors (Lipinski definition) is 7. The Kier molecular flexibility index (Phi) is 4.75. The number of imide groups is 1. The summed E-state index contributed by atoms with van der Waals surface area (Å²) in [5.74, 6) is 0.0161. The van der Waals surface area contributed by atoms with Crippen molar-refractivity contribution in [2.24, 2.45) is 10.1 Å². The molecule has 3 aliphatic rings. The van der Waals surface area contributed by atoms with Crippen molar-refractivity contribution in [2.75, 3.05) is 33.3 Å². The van der Waals surface area contributed by atoms with Gasteiger partial charge >= 0.3 is 18.0 Å². The molecule has 0 saturated carbocycles. The fraction of sp³-hybridized carbons (Fsp3) is 0.625. The van der Waals surface area contributed by atoms with Crippen LogP contribution in [0.5, 0.6) is 0 Å². The molecule has 3 aliphatic heterocycles. The molecule has 0 aromatic heterocycles. The number of hydrogen-bond donors (Lipinski definition) is 0. The number of amidine groups is 1. The Bertz CT molecular complexity index is 756. The van der Waals surface area contributed by atoms with E-state index >= 15 is 0 Å². The molecule has 3 heterocycles. The van der Waals surface area contributed by atoms with E-state index < -0.39 is 12.0 Å². The van der Waals surface area contributed by atoms with Gasteiger partial charge in [-0.3, -0.25) is 14.6 Å². The van der Waals surface area contributed by atoms with Crippen LogP contribution in [-0.4, -0.2) is 94.1 Å². The molecule has 0 bridgehead atoms. The summed E-state index contributed by atoms with van der Waals surface area (Å²) in [5, 5.41) is 5.79. The first kappa shape index (κ1) is 18.0. The Morgan fingerprint density at radius 1 is 1.35 bits per heavy atom. The number of carbonyl (C=O) groups is 3. The lowest BCUT2D eigenvalue weighted by Gasteiger charge is -2.34. The Balaban J connectivity index is 1.96. The van der Waals surface area contributed by atoms with E-state index in [-0.39, 0.29) is 25.1 Å². The maximum absolute atomic E-state index is 12.9. The molecular weight excluding hydrogens is 340 g/mol. The third-order valence-corrected chi connectivity index (χ3v) is 4.34. The number of fused-ring (bicyclic) bond motifs is 2. The molecule has 0 radical (unpaired) electrons. The normalized spacial score (nSPS) is 22.3. The van der Waals surface area contributed by atoms with Gasteiger partial charge in [-0.05, 0) is 20.3 Å². The number of aliphatic imine (C=N–C) groups is 1. The number of guanidine groups is 1. The zero-order chi connectivity index (χ0) is 19.0. The van der Waals surface area contributed by atoms with Crippen LogP contribution in [0.25, 0.3) is 0 Å². The summed E-state index contributed by atoms with van der Waals surface area (Å²) >= 11 is 0. The van der Waals surface area contributed by atoms with Crippen LogP contribution in [0.4, 0.5) is 4.79 Å². The topological polar surface area (TPSA) is 97.9 Å². The third-order valence-electron chi connectivity index (χ3n) is 4.34. The van der Waals surface area contributed by atoms with Crippen LogP contribution in [0.2, 0.25) is 0 Å². The van der Waals surface area contributed by atoms with Crippen LogP contribution in [0.3, 0.4) is 0 Å². The molecular formula is C16H23N6O4+. The molecule has 0 aliphatic carbocycles. The monoisotopic (exact) mass is 363 g/mol. The van der Waals surface area contributed by atoms with Gasteiger partial charge in [-0.15, -0.1) is 10.1 Å². The van der Waals surface area contributed by atoms with E-state index in [0.717, 1.165) is 5.71 Å². The van der Waals surface area contributed by atoms with Crippen molar-refractivity contribution >= 4 is 35.4 Å². The molecule has 3 rings (SSSR count). The predicted octanol–water partition coefficient (Wildman–Crippen LogP) is -0.306. The van der Waals surface area contributed by atoms with Gasteiger partial charge in [0.05, 0.1) is 12.3 Å². The summed E-state index contributed by atoms with van der Waals surface area (Å²) in [4.78, 5) is 44.4. The fourth-order valence-electron chi connectivity index (χ4n) is 3.27. The second-order valence-corrected chi connectivity index (χ2v) is 6.33. The number of amides is 3. The number of esters is 1. The van der Waals surface area contributed by atoms with E-state index in [0.29, 0.717) is 31.3 Å². The van der Waals surface area contributed by atoms with Crippen molar-refractivity contribution in [3.05, 3.63) is 0 Å². The molecule has 0 N–H and O–H groups in total. The molecule has 10 nitrogen and oxygen atoms in total. The van der Waals surface area contributed by atoms with Crippen molar-refractivity contribution < 1.29 is 23.7 Å². The Morgan fingerprint density at radius 2 is 2.08 bits per heavy atom. The number of carbonyl (C=O) groups excluding carboxylic acids is 3. The minimum absolute atomic E-state index is 0.106. The quantitative estimate of drug-likeness (QED) is 0.493. The average Bonchev–Trinajstić information content (AvgIpc) is 2.96. The van der Waals surface area contributed by atoms with E-state index in [1.165, 1.54) is 14.8 Å². The highest BCUT2D eigenvalue weighted by atomic mass is 16.5. The van der Waals surface area contributed by atoms with E-state index in [1.54, 1.807) is 18.5 Å². The zero-order valence-corrected chi connectivity index (χ0v) is 15.4. The van der Waals surface area contributed by atoms with Crippen molar-refractivity contribution in [2.45, 2.75) is 33.2 Å². The number of hydrazone groups is 1. The van der Waals surface area contributed by atoms with Gasteiger partial charge in [0.25, 0.3) is 5.91 Å². The number of rotatable bonds is 5. The maximum atomic E-state index is 12.9. The highest BCUT2D eigenvalue weighted by Gasteiger charge is 2.54. The smallest absolute Gasteiger partial charge is 0.417 e. The van der Waals surface area contributed by atoms with Crippen molar-refractivity contribution in [3.63, 3.8) is 0 Å². The lowest BCUT2D eigenvalue weighted by molar-refractivity contribution is -0.527. The number of likely N-dealkylation sites (N-methyl/N-ethyl adjacent to an activating group) is 1. The van der Waals surface area contributed by atoms with E-state index in [2.05, 4.69) is 10.1 Å². The first-order valence-electron chi connectivity index (χ1n) is 8.67. The highest BCUT2D eigenvalue weighted by Crippen LogP contribution is 2.23. The second-order valence-electron chi connectivity index (χ2n) is 6.33. The fourth-order valence-corrected chi connectivity index (χ4v) is 3.27. The number of nitrogens with zero attached hydrogens (tertiary/aromatic N) is 6. The zero-order valence-electron chi connectivity index (χ0n) is 15.4. The minimum atomic E-state index is -0.686. The summed E-state index contributed by atoms with van der Waals surface area (Å²) in [6.45, 7) is 6.38. The van der Waals surface area contributed by atoms with Gasteiger partial charge < -0.3 is 4.74 Å². The van der Waals surface area contributed by atoms with Gasteiger partial charge in [0.2, 0.25) is 11.9 Å². The molecule has 1 atom stereocenters. The van der Waals surface area contributed by atoms with E-state index in [1.807, 2.05) is 13.8 Å². The first-order chi connectivity index (χ1) is 12.4. The molecule has 0 spiro atoms. The third kappa shape index (κ3) is 2.85. The Labute approximate surface area is 151 Å². The minimum Gasteiger partial charge on any atom is -0.464 e. The molecule has 10 heteroatoms. The van der Waals surface area contributed by atoms with E-state index in [9.17, 15) is 14.4 Å². The molecule has 140 valence electrons. The van der Waals surface area contributed by atoms with Crippen LogP contribution in [0.1, 0.15) is 27.2 Å². The summed E-state index contributed by atoms with van der Waals surface area (Å²) in [6.07, 6.45) is 0.677. The lowest BCUT2D eigenvalue weighted by atomic mass is 10.1. The molecule has 1 saturated heterocycles. The molecule has 1 unspecified atom stereocenters. The van der Waals surface area contributed by atoms with Crippen LogP contribution in [0, 0.1) is 0 Å². The SMILES string of the molecule is CCCN1C(=O)C2C(=NC3=[N+]2CC(C)=NN3CC(=O)OCC)N(C)C1=O. The van der Waals surface area contributed by atoms with E-state index in [4.69, 9.17) is 4.74 Å². The summed E-state index contributed by atoms with van der Waals surface area (Å²) in [6, 6.07) is -1.07. The van der Waals surface area contributed by atoms with Crippen LogP contribution in [0.15, 0.2) is 10.1 Å². The molecule has 26 heavy (non-hydrogen) atoms. The average molecular weight is 363 g/mol. The van der Waals surface area contributed by atoms with Crippen LogP contribution in [-0.2, 0) is 14.3 Å². The summed E-state index contributed by atoms with van der Waals surface area (Å²) in [7, 11) is 1.60. The number of urea groups is 1. The lowest BCUT2D eigenvalue weighted by Crippen LogP contribution is -2.63. The number of ether oxygens (including phenoxy) is 1. The predicted molar refractivity (Wildman–Crippen MR) is 93.0 cm³/mol. The van der Waals surface area contributed by atoms with Gasteiger partial charge in [-0.1, -0.05) is 11.9 Å². The van der Waals surface area contributed by atoms with Gasteiger partial charge in [0.1, 0.15) is 6.54 Å². The van der Waals surface area contributed by atoms with Gasteiger partial charge in [-0.25, -0.2) is 14.2 Å². The standard InChI is InChI=1S/C16H23N6O4/c1-5-7-20-14(24)12-13(19(4)16(20)25)17-15-21(12)8-10(3)18-22(15)9-11(23)26-6-2/h12H,5-9H2,1-4H3/q+1. The van der Waals surface area contributed by atoms with Crippen LogP contribution < -0.4 is 0 Å². The van der Waals surface area contributed by atoms with Crippen molar-refractivity contribution in [1.82, 2.24) is 14.8 Å². The largest absolute Gasteiger partial charge is 0.464 e. The first-order valence-corrected chi connectivity index (χ1v) is 8.67. The molecule has 0 aromatic carbocycles. The Morgan fingerprint density at radius 3 is 2.73 bits per heavy atom. The van der Waals surface area contributed by atoms with Crippen molar-refractivity contribution in [1.29, 1.82) is 0 Å². The van der Waals surface area contributed by atoms with Gasteiger partial charge in [0.15, 0.2) is 6.54 Å². The van der Waals surface area contributed by atoms with Crippen molar-refractivity contribution in [3.8, 4) is 0 Å². The van der Waals surface area contributed by atoms with Gasteiger partial charge in [-0.2, -0.15) is 0 Å². The summed E-state index contributed by atoms with van der Waals surface area (Å²) in [5.41, 5.74) is 0.740. The molecule has 0 aromatic rings. The maximum Gasteiger partial charge on any atom is 0.417 e. The second kappa shape index (κ2) is 6.85. The van der Waals surface area contributed by atoms with Crippen LogP contribution >= 0.6 is 0 Å². The molecule has 1 fully saturated rings. The van der Waals surface area contributed by atoms with Gasteiger partial charge in [0, 0.05) is 13.6 Å². The summed E-state index contributed by atoms with van der Waals surface area (Å²) < 4.78 is 6.77. The highest BCUT2D eigenvalue weighted by molar-refractivity contribution is 6.23. The Hall–Kier alpha value is -2.78.